The minimum Gasteiger partial charge on any atom is -0.480 e. The van der Waals surface area contributed by atoms with E-state index in [-0.39, 0.29) is 5.56 Å². The molecular formula is C8H11N3O4. The van der Waals surface area contributed by atoms with E-state index in [1.807, 2.05) is 0 Å². The van der Waals surface area contributed by atoms with E-state index in [1.165, 1.54) is 6.20 Å². The van der Waals surface area contributed by atoms with Gasteiger partial charge in [-0.05, 0) is 6.92 Å². The molecule has 0 radical (unpaired) electrons. The number of aryl methyl sites for hydroxylation is 1. The second-order valence-electron chi connectivity index (χ2n) is 2.96. The summed E-state index contributed by atoms with van der Waals surface area (Å²) in [4.78, 5) is 22.0. The molecule has 1 aromatic heterocycles. The fourth-order valence-corrected chi connectivity index (χ4v) is 1.00. The summed E-state index contributed by atoms with van der Waals surface area (Å²) in [7, 11) is 0. The maximum Gasteiger partial charge on any atom is 0.328 e. The van der Waals surface area contributed by atoms with E-state index in [1.54, 1.807) is 6.92 Å². The fraction of sp³-hybridized carbons (Fsp3) is 0.375. The molecule has 7 nitrogen and oxygen atoms in total. The molecule has 0 spiro atoms. The summed E-state index contributed by atoms with van der Waals surface area (Å²) in [5.74, 6) is -1.87. The monoisotopic (exact) mass is 213 g/mol. The molecule has 0 aliphatic rings. The number of aliphatic hydroxyl groups is 1. The predicted molar refractivity (Wildman–Crippen MR) is 49.3 cm³/mol. The maximum absolute atomic E-state index is 11.5. The zero-order valence-electron chi connectivity index (χ0n) is 8.02. The van der Waals surface area contributed by atoms with Crippen LogP contribution in [0.1, 0.15) is 16.1 Å². The summed E-state index contributed by atoms with van der Waals surface area (Å²) in [5, 5.41) is 25.6. The smallest absolute Gasteiger partial charge is 0.328 e. The largest absolute Gasteiger partial charge is 0.480 e. The first-order chi connectivity index (χ1) is 7.06. The van der Waals surface area contributed by atoms with Crippen LogP contribution in [0, 0.1) is 6.92 Å². The number of nitrogens with zero attached hydrogens (tertiary/aromatic N) is 1. The number of carbonyl (C=O) groups excluding carboxylic acids is 1. The topological polar surface area (TPSA) is 115 Å². The van der Waals surface area contributed by atoms with Crippen LogP contribution in [-0.4, -0.2) is 44.9 Å². The molecule has 0 aromatic carbocycles. The highest BCUT2D eigenvalue weighted by Gasteiger charge is 2.20. The molecular weight excluding hydrogens is 202 g/mol. The molecule has 1 heterocycles. The summed E-state index contributed by atoms with van der Waals surface area (Å²) >= 11 is 0. The van der Waals surface area contributed by atoms with Crippen molar-refractivity contribution in [1.82, 2.24) is 15.5 Å². The Morgan fingerprint density at radius 3 is 2.73 bits per heavy atom. The van der Waals surface area contributed by atoms with Gasteiger partial charge in [-0.2, -0.15) is 5.10 Å². The number of amides is 1. The Morgan fingerprint density at radius 2 is 2.33 bits per heavy atom. The highest BCUT2D eigenvalue weighted by Crippen LogP contribution is 2.02. The van der Waals surface area contributed by atoms with Gasteiger partial charge in [0.15, 0.2) is 6.04 Å². The summed E-state index contributed by atoms with van der Waals surface area (Å²) in [5.41, 5.74) is 0.796. The number of aromatic nitrogens is 2. The Labute approximate surface area is 85.1 Å². The van der Waals surface area contributed by atoms with E-state index in [9.17, 15) is 9.59 Å². The van der Waals surface area contributed by atoms with Crippen molar-refractivity contribution in [3.8, 4) is 0 Å². The summed E-state index contributed by atoms with van der Waals surface area (Å²) < 4.78 is 0. The molecule has 0 aliphatic carbocycles. The molecule has 82 valence electrons. The van der Waals surface area contributed by atoms with E-state index in [0.29, 0.717) is 5.69 Å². The molecule has 0 aliphatic heterocycles. The Hall–Kier alpha value is -1.89. The molecule has 0 fully saturated rings. The van der Waals surface area contributed by atoms with Crippen LogP contribution in [0.25, 0.3) is 0 Å². The molecule has 1 aromatic rings. The molecule has 0 saturated heterocycles. The Bertz CT molecular complexity index is 374. The van der Waals surface area contributed by atoms with Crippen molar-refractivity contribution in [3.63, 3.8) is 0 Å². The van der Waals surface area contributed by atoms with Crippen molar-refractivity contribution in [1.29, 1.82) is 0 Å². The zero-order valence-corrected chi connectivity index (χ0v) is 8.02. The molecule has 0 bridgehead atoms. The lowest BCUT2D eigenvalue weighted by molar-refractivity contribution is -0.140. The Balaban J connectivity index is 2.71. The van der Waals surface area contributed by atoms with Gasteiger partial charge < -0.3 is 15.5 Å². The number of nitrogens with one attached hydrogen (secondary N) is 2. The van der Waals surface area contributed by atoms with Gasteiger partial charge in [-0.15, -0.1) is 0 Å². The number of rotatable bonds is 4. The third kappa shape index (κ3) is 2.53. The SMILES string of the molecule is Cc1[nH]ncc1C(=O)N[C@@H](CO)C(=O)O. The minimum atomic E-state index is -1.30. The first kappa shape index (κ1) is 11.2. The number of carboxylic acid groups (broad SMARTS) is 1. The van der Waals surface area contributed by atoms with Gasteiger partial charge in [0.2, 0.25) is 0 Å². The molecule has 7 heteroatoms. The highest BCUT2D eigenvalue weighted by atomic mass is 16.4. The van der Waals surface area contributed by atoms with Crippen molar-refractivity contribution in [2.45, 2.75) is 13.0 Å². The first-order valence-corrected chi connectivity index (χ1v) is 4.20. The average molecular weight is 213 g/mol. The highest BCUT2D eigenvalue weighted by molar-refractivity contribution is 5.97. The fourth-order valence-electron chi connectivity index (χ4n) is 1.00. The van der Waals surface area contributed by atoms with Gasteiger partial charge in [0.25, 0.3) is 5.91 Å². The maximum atomic E-state index is 11.5. The van der Waals surface area contributed by atoms with E-state index in [4.69, 9.17) is 10.2 Å². The summed E-state index contributed by atoms with van der Waals surface area (Å²) in [6, 6.07) is -1.30. The lowest BCUT2D eigenvalue weighted by Gasteiger charge is -2.10. The molecule has 0 unspecified atom stereocenters. The third-order valence-electron chi connectivity index (χ3n) is 1.86. The molecule has 1 atom stereocenters. The number of carbonyl (C=O) groups is 2. The van der Waals surface area contributed by atoms with Crippen molar-refractivity contribution in [3.05, 3.63) is 17.5 Å². The van der Waals surface area contributed by atoms with Gasteiger partial charge in [0.1, 0.15) is 0 Å². The summed E-state index contributed by atoms with van der Waals surface area (Å²) in [6.45, 7) is 0.981. The molecule has 1 amide bonds. The second kappa shape index (κ2) is 4.56. The number of aliphatic hydroxyl groups excluding tert-OH is 1. The van der Waals surface area contributed by atoms with Crippen LogP contribution in [0.4, 0.5) is 0 Å². The molecule has 4 N–H and O–H groups in total. The number of hydrogen-bond donors (Lipinski definition) is 4. The van der Waals surface area contributed by atoms with Gasteiger partial charge in [-0.3, -0.25) is 9.89 Å². The van der Waals surface area contributed by atoms with Crippen LogP contribution in [0.15, 0.2) is 6.20 Å². The molecule has 1 rings (SSSR count). The number of hydrogen-bond acceptors (Lipinski definition) is 4. The lowest BCUT2D eigenvalue weighted by Crippen LogP contribution is -2.43. The van der Waals surface area contributed by atoms with Gasteiger partial charge in [0, 0.05) is 5.69 Å². The minimum absolute atomic E-state index is 0.259. The number of H-pyrrole nitrogens is 1. The number of aromatic amines is 1. The average Bonchev–Trinajstić information content (AvgIpc) is 2.60. The molecule has 15 heavy (non-hydrogen) atoms. The Morgan fingerprint density at radius 1 is 1.67 bits per heavy atom. The molecule has 0 saturated carbocycles. The van der Waals surface area contributed by atoms with Crippen LogP contribution in [0.3, 0.4) is 0 Å². The van der Waals surface area contributed by atoms with E-state index in [2.05, 4.69) is 15.5 Å². The summed E-state index contributed by atoms with van der Waals surface area (Å²) in [6.07, 6.45) is 1.29. The van der Waals surface area contributed by atoms with E-state index < -0.39 is 24.5 Å². The number of aliphatic carboxylic acids is 1. The predicted octanol–water partition coefficient (Wildman–Crippen LogP) is -1.11. The van der Waals surface area contributed by atoms with Crippen LogP contribution in [-0.2, 0) is 4.79 Å². The first-order valence-electron chi connectivity index (χ1n) is 4.20. The normalized spacial score (nSPS) is 12.1. The van der Waals surface area contributed by atoms with Crippen molar-refractivity contribution in [2.75, 3.05) is 6.61 Å². The van der Waals surface area contributed by atoms with Crippen molar-refractivity contribution < 1.29 is 19.8 Å². The standard InChI is InChI=1S/C8H11N3O4/c1-4-5(2-9-11-4)7(13)10-6(3-12)8(14)15/h2,6,12H,3H2,1H3,(H,9,11)(H,10,13)(H,14,15)/t6-/m0/s1. The van der Waals surface area contributed by atoms with Gasteiger partial charge in [-0.1, -0.05) is 0 Å². The van der Waals surface area contributed by atoms with Crippen LogP contribution < -0.4 is 5.32 Å². The zero-order chi connectivity index (χ0) is 11.4. The quantitative estimate of drug-likeness (QED) is 0.506. The Kier molecular flexibility index (Phi) is 3.40. The third-order valence-corrected chi connectivity index (χ3v) is 1.86. The van der Waals surface area contributed by atoms with Crippen LogP contribution in [0.5, 0.6) is 0 Å². The second-order valence-corrected chi connectivity index (χ2v) is 2.96. The van der Waals surface area contributed by atoms with Crippen LogP contribution >= 0.6 is 0 Å². The lowest BCUT2D eigenvalue weighted by atomic mass is 10.2. The van der Waals surface area contributed by atoms with Crippen molar-refractivity contribution in [2.24, 2.45) is 0 Å². The van der Waals surface area contributed by atoms with Gasteiger partial charge >= 0.3 is 5.97 Å². The van der Waals surface area contributed by atoms with E-state index >= 15 is 0 Å². The van der Waals surface area contributed by atoms with E-state index in [0.717, 1.165) is 0 Å². The number of carboxylic acids is 1. The van der Waals surface area contributed by atoms with Gasteiger partial charge in [-0.25, -0.2) is 4.79 Å². The van der Waals surface area contributed by atoms with Gasteiger partial charge in [0.05, 0.1) is 18.4 Å². The van der Waals surface area contributed by atoms with Crippen molar-refractivity contribution >= 4 is 11.9 Å². The van der Waals surface area contributed by atoms with Crippen LogP contribution in [0.2, 0.25) is 0 Å².